The minimum Gasteiger partial charge on any atom is -0.497 e. The van der Waals surface area contributed by atoms with Gasteiger partial charge in [-0.25, -0.2) is 13.4 Å². The Balaban J connectivity index is 1.88. The van der Waals surface area contributed by atoms with Crippen molar-refractivity contribution >= 4 is 20.9 Å². The van der Waals surface area contributed by atoms with Crippen LogP contribution in [0.15, 0.2) is 76.4 Å². The number of nitrogens with zero attached hydrogens (tertiary/aromatic N) is 3. The van der Waals surface area contributed by atoms with Gasteiger partial charge in [-0.2, -0.15) is 4.31 Å². The lowest BCUT2D eigenvalue weighted by molar-refractivity contribution is 0.378. The predicted molar refractivity (Wildman–Crippen MR) is 149 cm³/mol. The summed E-state index contributed by atoms with van der Waals surface area (Å²) >= 11 is 0. The van der Waals surface area contributed by atoms with E-state index in [1.54, 1.807) is 68.6 Å². The summed E-state index contributed by atoms with van der Waals surface area (Å²) in [5.74, 6) is 1.29. The van der Waals surface area contributed by atoms with Gasteiger partial charge in [0.25, 0.3) is 5.56 Å². The first-order valence-corrected chi connectivity index (χ1v) is 13.7. The summed E-state index contributed by atoms with van der Waals surface area (Å²) in [5, 5.41) is 0.310. The third-order valence-electron chi connectivity index (χ3n) is 6.75. The van der Waals surface area contributed by atoms with Crippen molar-refractivity contribution in [2.45, 2.75) is 44.0 Å². The quantitative estimate of drug-likeness (QED) is 0.328. The van der Waals surface area contributed by atoms with Crippen LogP contribution in [0.1, 0.15) is 45.1 Å². The van der Waals surface area contributed by atoms with E-state index < -0.39 is 16.1 Å². The van der Waals surface area contributed by atoms with Crippen LogP contribution >= 0.6 is 0 Å². The molecule has 0 spiro atoms. The van der Waals surface area contributed by atoms with Gasteiger partial charge < -0.3 is 9.47 Å². The van der Waals surface area contributed by atoms with Gasteiger partial charge in [0.2, 0.25) is 10.0 Å². The third kappa shape index (κ3) is 4.91. The maximum atomic E-state index is 13.9. The van der Waals surface area contributed by atoms with Crippen molar-refractivity contribution in [2.75, 3.05) is 21.3 Å². The number of fused-ring (bicyclic) bond motifs is 1. The molecule has 0 saturated heterocycles. The zero-order chi connectivity index (χ0) is 27.8. The van der Waals surface area contributed by atoms with E-state index in [0.717, 1.165) is 5.56 Å². The summed E-state index contributed by atoms with van der Waals surface area (Å²) in [6, 6.07) is 18.2. The Labute approximate surface area is 223 Å². The van der Waals surface area contributed by atoms with Crippen LogP contribution in [-0.4, -0.2) is 43.5 Å². The molecule has 1 unspecified atom stereocenters. The normalized spacial score (nSPS) is 13.1. The van der Waals surface area contributed by atoms with E-state index in [9.17, 15) is 13.2 Å². The van der Waals surface area contributed by atoms with E-state index in [4.69, 9.17) is 14.5 Å². The van der Waals surface area contributed by atoms with Gasteiger partial charge in [-0.15, -0.1) is 0 Å². The standard InChI is InChI=1S/C29H33N3O5S/c1-19(31(5)38(34,35)23-17-11-20(12-18-23)29(2,3)4)27-30-24-9-8-10-25(37-7)26(24)28(33)32(27)21-13-15-22(36-6)16-14-21/h8-19H,1-7H3. The van der Waals surface area contributed by atoms with E-state index in [1.165, 1.54) is 23.0 Å². The van der Waals surface area contributed by atoms with Crippen LogP contribution in [0.25, 0.3) is 16.6 Å². The summed E-state index contributed by atoms with van der Waals surface area (Å²) in [6.45, 7) is 7.94. The Kier molecular flexibility index (Phi) is 7.36. The molecule has 0 radical (unpaired) electrons. The van der Waals surface area contributed by atoms with E-state index in [2.05, 4.69) is 20.8 Å². The van der Waals surface area contributed by atoms with Crippen molar-refractivity contribution in [3.8, 4) is 17.2 Å². The number of methoxy groups -OCH3 is 2. The Bertz CT molecular complexity index is 1620. The van der Waals surface area contributed by atoms with Gasteiger partial charge >= 0.3 is 0 Å². The summed E-state index contributed by atoms with van der Waals surface area (Å²) < 4.78 is 40.7. The summed E-state index contributed by atoms with van der Waals surface area (Å²) in [4.78, 5) is 18.9. The fourth-order valence-corrected chi connectivity index (χ4v) is 5.64. The van der Waals surface area contributed by atoms with Crippen LogP contribution in [0.3, 0.4) is 0 Å². The van der Waals surface area contributed by atoms with Crippen LogP contribution in [0.5, 0.6) is 11.5 Å². The Morgan fingerprint density at radius 3 is 2.11 bits per heavy atom. The highest BCUT2D eigenvalue weighted by Gasteiger charge is 2.31. The van der Waals surface area contributed by atoms with Gasteiger partial charge in [0.05, 0.1) is 36.4 Å². The van der Waals surface area contributed by atoms with Crippen LogP contribution in [0.2, 0.25) is 0 Å². The molecule has 1 aromatic heterocycles. The van der Waals surface area contributed by atoms with Crippen molar-refractivity contribution < 1.29 is 17.9 Å². The molecule has 0 fully saturated rings. The van der Waals surface area contributed by atoms with Crippen LogP contribution < -0.4 is 15.0 Å². The van der Waals surface area contributed by atoms with Gasteiger partial charge in [0.15, 0.2) is 0 Å². The second-order valence-corrected chi connectivity index (χ2v) is 12.1. The van der Waals surface area contributed by atoms with Gasteiger partial charge in [-0.3, -0.25) is 9.36 Å². The average molecular weight is 536 g/mol. The molecule has 0 N–H and O–H groups in total. The summed E-state index contributed by atoms with van der Waals surface area (Å²) in [6.07, 6.45) is 0. The molecule has 0 aliphatic heterocycles. The molecule has 4 rings (SSSR count). The molecular weight excluding hydrogens is 502 g/mol. The monoisotopic (exact) mass is 535 g/mol. The van der Waals surface area contributed by atoms with Gasteiger partial charge in [-0.05, 0) is 66.4 Å². The van der Waals surface area contributed by atoms with E-state index in [-0.39, 0.29) is 21.7 Å². The van der Waals surface area contributed by atoms with Crippen molar-refractivity contribution in [1.29, 1.82) is 0 Å². The second-order valence-electron chi connectivity index (χ2n) is 10.1. The van der Waals surface area contributed by atoms with Crippen molar-refractivity contribution in [1.82, 2.24) is 13.9 Å². The summed E-state index contributed by atoms with van der Waals surface area (Å²) in [5.41, 5.74) is 1.51. The van der Waals surface area contributed by atoms with Crippen LogP contribution in [0.4, 0.5) is 0 Å². The summed E-state index contributed by atoms with van der Waals surface area (Å²) in [7, 11) is 0.648. The fourth-order valence-electron chi connectivity index (χ4n) is 4.31. The molecule has 0 aliphatic rings. The molecule has 0 bridgehead atoms. The third-order valence-corrected chi connectivity index (χ3v) is 8.69. The number of rotatable bonds is 7. The first kappa shape index (κ1) is 27.3. The second kappa shape index (κ2) is 10.2. The topological polar surface area (TPSA) is 90.7 Å². The molecule has 8 nitrogen and oxygen atoms in total. The number of ether oxygens (including phenoxy) is 2. The van der Waals surface area contributed by atoms with Crippen molar-refractivity contribution in [3.63, 3.8) is 0 Å². The van der Waals surface area contributed by atoms with E-state index >= 15 is 0 Å². The van der Waals surface area contributed by atoms with E-state index in [0.29, 0.717) is 28.1 Å². The number of hydrogen-bond donors (Lipinski definition) is 0. The number of aromatic nitrogens is 2. The van der Waals surface area contributed by atoms with Gasteiger partial charge in [0, 0.05) is 7.05 Å². The molecule has 4 aromatic rings. The number of sulfonamides is 1. The Morgan fingerprint density at radius 1 is 0.921 bits per heavy atom. The molecule has 1 heterocycles. The van der Waals surface area contributed by atoms with E-state index in [1.807, 2.05) is 12.1 Å². The molecule has 9 heteroatoms. The molecule has 3 aromatic carbocycles. The minimum absolute atomic E-state index is 0.105. The van der Waals surface area contributed by atoms with Crippen molar-refractivity contribution in [2.24, 2.45) is 0 Å². The van der Waals surface area contributed by atoms with Crippen LogP contribution in [0, 0.1) is 0 Å². The molecule has 0 saturated carbocycles. The highest BCUT2D eigenvalue weighted by Crippen LogP contribution is 2.30. The van der Waals surface area contributed by atoms with Crippen LogP contribution in [-0.2, 0) is 15.4 Å². The molecule has 0 aliphatic carbocycles. The van der Waals surface area contributed by atoms with Crippen molar-refractivity contribution in [3.05, 3.63) is 88.5 Å². The average Bonchev–Trinajstić information content (AvgIpc) is 2.91. The minimum atomic E-state index is -3.90. The smallest absolute Gasteiger partial charge is 0.269 e. The van der Waals surface area contributed by atoms with Gasteiger partial charge in [0.1, 0.15) is 22.7 Å². The Hall–Kier alpha value is -3.69. The molecule has 38 heavy (non-hydrogen) atoms. The highest BCUT2D eigenvalue weighted by molar-refractivity contribution is 7.89. The first-order chi connectivity index (χ1) is 17.9. The first-order valence-electron chi connectivity index (χ1n) is 12.2. The zero-order valence-corrected chi connectivity index (χ0v) is 23.5. The molecule has 1 atom stereocenters. The zero-order valence-electron chi connectivity index (χ0n) is 22.7. The molecular formula is C29H33N3O5S. The highest BCUT2D eigenvalue weighted by atomic mass is 32.2. The molecule has 200 valence electrons. The largest absolute Gasteiger partial charge is 0.497 e. The maximum absolute atomic E-state index is 13.9. The molecule has 0 amide bonds. The predicted octanol–water partition coefficient (Wildman–Crippen LogP) is 5.08. The number of hydrogen-bond acceptors (Lipinski definition) is 6. The maximum Gasteiger partial charge on any atom is 0.269 e. The number of benzene rings is 3. The lowest BCUT2D eigenvalue weighted by Crippen LogP contribution is -2.35. The lowest BCUT2D eigenvalue weighted by atomic mass is 9.87. The Morgan fingerprint density at radius 2 is 1.55 bits per heavy atom. The fraction of sp³-hybridized carbons (Fsp3) is 0.310. The van der Waals surface area contributed by atoms with Gasteiger partial charge in [-0.1, -0.05) is 39.0 Å². The SMILES string of the molecule is COc1ccc(-n2c(C(C)N(C)S(=O)(=O)c3ccc(C(C)(C)C)cc3)nc3cccc(OC)c3c2=O)cc1. The lowest BCUT2D eigenvalue weighted by Gasteiger charge is -2.27.